The summed E-state index contributed by atoms with van der Waals surface area (Å²) in [6.45, 7) is -0.0156. The fraction of sp³-hybridized carbons (Fsp3) is 0.100. The first kappa shape index (κ1) is 19.5. The van der Waals surface area contributed by atoms with Crippen LogP contribution in [0.3, 0.4) is 0 Å². The first-order valence-electron chi connectivity index (χ1n) is 8.55. The van der Waals surface area contributed by atoms with Crippen LogP contribution in [-0.2, 0) is 14.8 Å². The van der Waals surface area contributed by atoms with Crippen molar-refractivity contribution in [2.45, 2.75) is 11.3 Å². The topological polar surface area (TPSA) is 97.4 Å². The second-order valence-corrected chi connectivity index (χ2v) is 7.59. The van der Waals surface area contributed by atoms with Crippen molar-refractivity contribution in [3.8, 4) is 11.5 Å². The molecule has 8 heteroatoms. The summed E-state index contributed by atoms with van der Waals surface area (Å²) in [5.74, 6) is 1.07. The molecule has 1 aromatic heterocycles. The van der Waals surface area contributed by atoms with Gasteiger partial charge >= 0.3 is 0 Å². The third-order valence-electron chi connectivity index (χ3n) is 3.71. The van der Waals surface area contributed by atoms with Gasteiger partial charge in [-0.3, -0.25) is 9.78 Å². The highest BCUT2D eigenvalue weighted by molar-refractivity contribution is 7.89. The Morgan fingerprint density at radius 2 is 1.64 bits per heavy atom. The van der Waals surface area contributed by atoms with Gasteiger partial charge in [0, 0.05) is 31.0 Å². The first-order chi connectivity index (χ1) is 13.5. The summed E-state index contributed by atoms with van der Waals surface area (Å²) < 4.78 is 32.2. The van der Waals surface area contributed by atoms with Gasteiger partial charge in [-0.15, -0.1) is 0 Å². The van der Waals surface area contributed by atoms with E-state index in [-0.39, 0.29) is 23.8 Å². The molecule has 28 heavy (non-hydrogen) atoms. The lowest BCUT2D eigenvalue weighted by atomic mass is 10.3. The van der Waals surface area contributed by atoms with Crippen LogP contribution in [0.5, 0.6) is 11.5 Å². The number of rotatable bonds is 8. The molecule has 0 spiro atoms. The summed E-state index contributed by atoms with van der Waals surface area (Å²) in [7, 11) is -3.67. The van der Waals surface area contributed by atoms with E-state index in [4.69, 9.17) is 4.74 Å². The molecule has 7 nitrogen and oxygen atoms in total. The number of para-hydroxylation sites is 1. The molecule has 0 saturated heterocycles. The van der Waals surface area contributed by atoms with Crippen molar-refractivity contribution >= 4 is 21.6 Å². The second kappa shape index (κ2) is 9.12. The summed E-state index contributed by atoms with van der Waals surface area (Å²) in [6.07, 6.45) is 2.74. The van der Waals surface area contributed by atoms with Gasteiger partial charge in [0.05, 0.1) is 0 Å². The summed E-state index contributed by atoms with van der Waals surface area (Å²) in [5, 5.41) is 2.72. The lowest BCUT2D eigenvalue weighted by Crippen LogP contribution is -2.27. The molecule has 0 radical (unpaired) electrons. The van der Waals surface area contributed by atoms with Crippen molar-refractivity contribution in [1.82, 2.24) is 9.71 Å². The van der Waals surface area contributed by atoms with Crippen LogP contribution in [0.1, 0.15) is 6.42 Å². The zero-order chi connectivity index (χ0) is 19.8. The number of hydrogen-bond donors (Lipinski definition) is 2. The highest BCUT2D eigenvalue weighted by Crippen LogP contribution is 2.22. The molecular formula is C20H19N3O4S. The van der Waals surface area contributed by atoms with Crippen LogP contribution in [0.15, 0.2) is 84.0 Å². The van der Waals surface area contributed by atoms with Gasteiger partial charge in [-0.25, -0.2) is 13.1 Å². The van der Waals surface area contributed by atoms with Gasteiger partial charge in [0.1, 0.15) is 16.4 Å². The molecule has 0 aliphatic rings. The molecule has 0 atom stereocenters. The van der Waals surface area contributed by atoms with E-state index in [9.17, 15) is 13.2 Å². The number of anilines is 1. The second-order valence-electron chi connectivity index (χ2n) is 5.82. The minimum absolute atomic E-state index is 0.00174. The Labute approximate surface area is 163 Å². The summed E-state index contributed by atoms with van der Waals surface area (Å²) in [4.78, 5) is 15.9. The van der Waals surface area contributed by atoms with Crippen molar-refractivity contribution in [2.75, 3.05) is 11.9 Å². The normalized spacial score (nSPS) is 11.0. The lowest BCUT2D eigenvalue weighted by molar-refractivity contribution is -0.116. The van der Waals surface area contributed by atoms with Crippen LogP contribution < -0.4 is 14.8 Å². The standard InChI is InChI=1S/C20H19N3O4S/c24-20(12-14-22-28(25,26)19-7-4-13-21-15-19)23-16-8-10-18(11-9-16)27-17-5-2-1-3-6-17/h1-11,13,15,22H,12,14H2,(H,23,24). The quantitative estimate of drug-likeness (QED) is 0.608. The van der Waals surface area contributed by atoms with Crippen LogP contribution in [-0.4, -0.2) is 25.9 Å². The molecule has 2 aromatic carbocycles. The monoisotopic (exact) mass is 397 g/mol. The van der Waals surface area contributed by atoms with Crippen LogP contribution in [0.25, 0.3) is 0 Å². The Bertz CT molecular complexity index is 1010. The lowest BCUT2D eigenvalue weighted by Gasteiger charge is -2.09. The molecule has 2 N–H and O–H groups in total. The third kappa shape index (κ3) is 5.63. The Morgan fingerprint density at radius 3 is 2.32 bits per heavy atom. The molecule has 0 bridgehead atoms. The van der Waals surface area contributed by atoms with E-state index in [0.717, 1.165) is 5.75 Å². The van der Waals surface area contributed by atoms with Crippen LogP contribution in [0.4, 0.5) is 5.69 Å². The summed E-state index contributed by atoms with van der Waals surface area (Å²) in [5.41, 5.74) is 0.598. The smallest absolute Gasteiger partial charge is 0.242 e. The molecule has 0 fully saturated rings. The molecule has 0 unspecified atom stereocenters. The highest BCUT2D eigenvalue weighted by Gasteiger charge is 2.14. The van der Waals surface area contributed by atoms with Gasteiger partial charge in [0.2, 0.25) is 15.9 Å². The number of pyridine rings is 1. The van der Waals surface area contributed by atoms with Gasteiger partial charge in [-0.1, -0.05) is 18.2 Å². The fourth-order valence-electron chi connectivity index (χ4n) is 2.34. The predicted octanol–water partition coefficient (Wildman–Crippen LogP) is 3.18. The molecule has 0 saturated carbocycles. The fourth-order valence-corrected chi connectivity index (χ4v) is 3.34. The predicted molar refractivity (Wildman–Crippen MR) is 106 cm³/mol. The molecule has 1 amide bonds. The number of amides is 1. The Balaban J connectivity index is 1.47. The third-order valence-corrected chi connectivity index (χ3v) is 5.15. The highest BCUT2D eigenvalue weighted by atomic mass is 32.2. The summed E-state index contributed by atoms with van der Waals surface area (Å²) in [6, 6.07) is 19.3. The first-order valence-corrected chi connectivity index (χ1v) is 10.0. The molecule has 3 rings (SSSR count). The van der Waals surface area contributed by atoms with E-state index in [1.165, 1.54) is 24.5 Å². The van der Waals surface area contributed by atoms with Crippen LogP contribution >= 0.6 is 0 Å². The number of benzene rings is 2. The molecule has 1 heterocycles. The number of nitrogens with one attached hydrogen (secondary N) is 2. The van der Waals surface area contributed by atoms with Crippen molar-refractivity contribution in [3.63, 3.8) is 0 Å². The summed E-state index contributed by atoms with van der Waals surface area (Å²) >= 11 is 0. The van der Waals surface area contributed by atoms with E-state index in [0.29, 0.717) is 11.4 Å². The van der Waals surface area contributed by atoms with Crippen molar-refractivity contribution < 1.29 is 17.9 Å². The maximum atomic E-state index is 12.1. The largest absolute Gasteiger partial charge is 0.457 e. The van der Waals surface area contributed by atoms with Gasteiger partial charge < -0.3 is 10.1 Å². The van der Waals surface area contributed by atoms with Gasteiger partial charge in [-0.05, 0) is 48.5 Å². The number of sulfonamides is 1. The molecule has 0 aliphatic carbocycles. The zero-order valence-corrected chi connectivity index (χ0v) is 15.7. The van der Waals surface area contributed by atoms with Crippen LogP contribution in [0.2, 0.25) is 0 Å². The number of carbonyl (C=O) groups excluding carboxylic acids is 1. The molecule has 3 aromatic rings. The Hall–Kier alpha value is -3.23. The molecule has 0 aliphatic heterocycles. The number of ether oxygens (including phenoxy) is 1. The Kier molecular flexibility index (Phi) is 6.36. The van der Waals surface area contributed by atoms with Gasteiger partial charge in [0.15, 0.2) is 0 Å². The van der Waals surface area contributed by atoms with Crippen molar-refractivity contribution in [2.24, 2.45) is 0 Å². The maximum absolute atomic E-state index is 12.1. The average Bonchev–Trinajstić information content (AvgIpc) is 2.71. The van der Waals surface area contributed by atoms with E-state index in [1.54, 1.807) is 24.3 Å². The molecular weight excluding hydrogens is 378 g/mol. The minimum atomic E-state index is -3.67. The van der Waals surface area contributed by atoms with E-state index < -0.39 is 10.0 Å². The van der Waals surface area contributed by atoms with E-state index in [2.05, 4.69) is 15.0 Å². The number of hydrogen-bond acceptors (Lipinski definition) is 5. The Morgan fingerprint density at radius 1 is 0.929 bits per heavy atom. The van der Waals surface area contributed by atoms with Gasteiger partial charge in [-0.2, -0.15) is 0 Å². The average molecular weight is 397 g/mol. The SMILES string of the molecule is O=C(CCNS(=O)(=O)c1cccnc1)Nc1ccc(Oc2ccccc2)cc1. The van der Waals surface area contributed by atoms with Crippen LogP contribution in [0, 0.1) is 0 Å². The van der Waals surface area contributed by atoms with E-state index in [1.807, 2.05) is 30.3 Å². The zero-order valence-electron chi connectivity index (χ0n) is 14.9. The van der Waals surface area contributed by atoms with Crippen molar-refractivity contribution in [1.29, 1.82) is 0 Å². The van der Waals surface area contributed by atoms with Gasteiger partial charge in [0.25, 0.3) is 0 Å². The number of carbonyl (C=O) groups is 1. The maximum Gasteiger partial charge on any atom is 0.242 e. The van der Waals surface area contributed by atoms with Crippen molar-refractivity contribution in [3.05, 3.63) is 79.1 Å². The minimum Gasteiger partial charge on any atom is -0.457 e. The number of nitrogens with zero attached hydrogens (tertiary/aromatic N) is 1. The molecule has 144 valence electrons. The number of aromatic nitrogens is 1. The van der Waals surface area contributed by atoms with E-state index >= 15 is 0 Å².